The molecule has 19 heavy (non-hydrogen) atoms. The van der Waals surface area contributed by atoms with Crippen LogP contribution in [0.5, 0.6) is 0 Å². The van der Waals surface area contributed by atoms with E-state index in [2.05, 4.69) is 15.0 Å². The first-order chi connectivity index (χ1) is 9.16. The predicted octanol–water partition coefficient (Wildman–Crippen LogP) is 1.79. The van der Waals surface area contributed by atoms with Crippen LogP contribution in [-0.4, -0.2) is 19.5 Å². The lowest BCUT2D eigenvalue weighted by molar-refractivity contribution is 0.909. The van der Waals surface area contributed by atoms with Crippen molar-refractivity contribution in [2.75, 3.05) is 0 Å². The summed E-state index contributed by atoms with van der Waals surface area (Å²) >= 11 is 0. The maximum absolute atomic E-state index is 12.1. The minimum Gasteiger partial charge on any atom is -0.249 e. The van der Waals surface area contributed by atoms with Gasteiger partial charge >= 0.3 is 5.69 Å². The molecule has 3 rings (SSSR count). The molecule has 0 spiro atoms. The topological polar surface area (TPSA) is 60.7 Å². The molecule has 0 aliphatic carbocycles. The molecule has 2 aromatic heterocycles. The van der Waals surface area contributed by atoms with Crippen LogP contribution in [0.3, 0.4) is 0 Å². The highest BCUT2D eigenvalue weighted by molar-refractivity contribution is 5.74. The lowest BCUT2D eigenvalue weighted by atomic mass is 10.3. The summed E-state index contributed by atoms with van der Waals surface area (Å²) in [5.74, 6) is 0. The molecule has 5 heteroatoms. The van der Waals surface area contributed by atoms with Crippen LogP contribution in [0.2, 0.25) is 0 Å². The van der Waals surface area contributed by atoms with Crippen LogP contribution in [-0.2, 0) is 0 Å². The van der Waals surface area contributed by atoms with Gasteiger partial charge in [-0.2, -0.15) is 4.98 Å². The third-order valence-corrected chi connectivity index (χ3v) is 2.90. The first-order valence-corrected chi connectivity index (χ1v) is 5.95. The maximum Gasteiger partial charge on any atom is 0.354 e. The van der Waals surface area contributed by atoms with Crippen molar-refractivity contribution in [1.29, 1.82) is 0 Å². The van der Waals surface area contributed by atoms with Gasteiger partial charge in [-0.15, -0.1) is 0 Å². The zero-order valence-corrected chi connectivity index (χ0v) is 10.7. The minimum atomic E-state index is -0.337. The molecule has 0 bridgehead atoms. The van der Waals surface area contributed by atoms with E-state index in [1.807, 2.05) is 37.3 Å². The smallest absolute Gasteiger partial charge is 0.249 e. The van der Waals surface area contributed by atoms with Crippen molar-refractivity contribution in [3.8, 4) is 5.69 Å². The molecule has 0 fully saturated rings. The van der Waals surface area contributed by atoms with Gasteiger partial charge in [0.05, 0.1) is 17.1 Å². The lowest BCUT2D eigenvalue weighted by Gasteiger charge is -2.09. The van der Waals surface area contributed by atoms with Gasteiger partial charge in [0.1, 0.15) is 5.52 Å². The van der Waals surface area contributed by atoms with Crippen molar-refractivity contribution < 1.29 is 0 Å². The summed E-state index contributed by atoms with van der Waals surface area (Å²) in [6.45, 7) is 3.62. The van der Waals surface area contributed by atoms with E-state index in [4.69, 9.17) is 0 Å². The molecule has 0 N–H and O–H groups in total. The molecule has 0 saturated heterocycles. The number of para-hydroxylation sites is 1. The molecule has 0 aliphatic rings. The van der Waals surface area contributed by atoms with E-state index in [0.717, 1.165) is 11.4 Å². The van der Waals surface area contributed by atoms with E-state index < -0.39 is 0 Å². The Balaban J connectivity index is 2.48. The Morgan fingerprint density at radius 1 is 1.05 bits per heavy atom. The van der Waals surface area contributed by atoms with Gasteiger partial charge in [-0.1, -0.05) is 18.2 Å². The highest BCUT2D eigenvalue weighted by atomic mass is 16.1. The Labute approximate surface area is 109 Å². The lowest BCUT2D eigenvalue weighted by Crippen LogP contribution is -2.24. The van der Waals surface area contributed by atoms with E-state index in [1.165, 1.54) is 4.57 Å². The summed E-state index contributed by atoms with van der Waals surface area (Å²) in [4.78, 5) is 24.9. The van der Waals surface area contributed by atoms with Gasteiger partial charge in [0, 0.05) is 6.20 Å². The van der Waals surface area contributed by atoms with Crippen LogP contribution in [0, 0.1) is 13.8 Å². The monoisotopic (exact) mass is 252 g/mol. The number of hydrogen-bond acceptors (Lipinski definition) is 4. The van der Waals surface area contributed by atoms with Crippen molar-refractivity contribution in [2.45, 2.75) is 13.8 Å². The standard InChI is InChI=1S/C14H12N4O/c1-9-8-15-12-10(2)17-14(19)18(13(12)16-9)11-6-4-3-5-7-11/h3-8H,1-2H3. The number of benzene rings is 1. The van der Waals surface area contributed by atoms with Crippen molar-refractivity contribution in [3.63, 3.8) is 0 Å². The first-order valence-electron chi connectivity index (χ1n) is 5.95. The van der Waals surface area contributed by atoms with Crippen molar-refractivity contribution >= 4 is 11.2 Å². The molecular formula is C14H12N4O. The number of hydrogen-bond donors (Lipinski definition) is 0. The fraction of sp³-hybridized carbons (Fsp3) is 0.143. The van der Waals surface area contributed by atoms with E-state index >= 15 is 0 Å². The second-order valence-corrected chi connectivity index (χ2v) is 4.33. The maximum atomic E-state index is 12.1. The summed E-state index contributed by atoms with van der Waals surface area (Å²) in [6, 6.07) is 9.34. The fourth-order valence-corrected chi connectivity index (χ4v) is 2.02. The Morgan fingerprint density at radius 2 is 1.79 bits per heavy atom. The molecule has 5 nitrogen and oxygen atoms in total. The van der Waals surface area contributed by atoms with Gasteiger partial charge in [-0.25, -0.2) is 19.3 Å². The predicted molar refractivity (Wildman–Crippen MR) is 72.4 cm³/mol. The number of nitrogens with zero attached hydrogens (tertiary/aromatic N) is 4. The van der Waals surface area contributed by atoms with Crippen molar-refractivity contribution in [3.05, 3.63) is 58.4 Å². The van der Waals surface area contributed by atoms with Gasteiger partial charge in [0.15, 0.2) is 5.65 Å². The molecule has 0 unspecified atom stereocenters. The molecule has 0 atom stereocenters. The van der Waals surface area contributed by atoms with Gasteiger partial charge in [0.2, 0.25) is 0 Å². The average Bonchev–Trinajstić information content (AvgIpc) is 2.39. The minimum absolute atomic E-state index is 0.337. The normalized spacial score (nSPS) is 10.8. The molecule has 0 radical (unpaired) electrons. The zero-order chi connectivity index (χ0) is 13.4. The second kappa shape index (κ2) is 4.28. The number of fused-ring (bicyclic) bond motifs is 1. The van der Waals surface area contributed by atoms with E-state index in [1.54, 1.807) is 13.1 Å². The first kappa shape index (κ1) is 11.5. The summed E-state index contributed by atoms with van der Waals surface area (Å²) in [7, 11) is 0. The molecule has 0 saturated carbocycles. The van der Waals surface area contributed by atoms with Crippen LogP contribution in [0.1, 0.15) is 11.4 Å². The van der Waals surface area contributed by atoms with Gasteiger partial charge in [-0.05, 0) is 26.0 Å². The van der Waals surface area contributed by atoms with E-state index in [0.29, 0.717) is 16.9 Å². The Kier molecular flexibility index (Phi) is 2.59. The van der Waals surface area contributed by atoms with Crippen LogP contribution in [0.15, 0.2) is 41.3 Å². The fourth-order valence-electron chi connectivity index (χ4n) is 2.02. The third-order valence-electron chi connectivity index (χ3n) is 2.90. The average molecular weight is 252 g/mol. The van der Waals surface area contributed by atoms with E-state index in [-0.39, 0.29) is 5.69 Å². The number of aryl methyl sites for hydroxylation is 2. The molecule has 1 aromatic carbocycles. The molecule has 94 valence electrons. The van der Waals surface area contributed by atoms with Crippen LogP contribution in [0.25, 0.3) is 16.9 Å². The Hall–Kier alpha value is -2.56. The van der Waals surface area contributed by atoms with Crippen LogP contribution in [0.4, 0.5) is 0 Å². The SMILES string of the molecule is Cc1cnc2c(C)nc(=O)n(-c3ccccc3)c2n1. The summed E-state index contributed by atoms with van der Waals surface area (Å²) in [5, 5.41) is 0. The van der Waals surface area contributed by atoms with Crippen molar-refractivity contribution in [1.82, 2.24) is 19.5 Å². The second-order valence-electron chi connectivity index (χ2n) is 4.33. The van der Waals surface area contributed by atoms with Gasteiger partial charge in [0.25, 0.3) is 0 Å². The molecule has 0 aliphatic heterocycles. The highest BCUT2D eigenvalue weighted by Gasteiger charge is 2.11. The molecule has 0 amide bonds. The molecule has 2 heterocycles. The van der Waals surface area contributed by atoms with Crippen LogP contribution >= 0.6 is 0 Å². The highest BCUT2D eigenvalue weighted by Crippen LogP contribution is 2.14. The van der Waals surface area contributed by atoms with Crippen LogP contribution < -0.4 is 5.69 Å². The van der Waals surface area contributed by atoms with Gasteiger partial charge < -0.3 is 0 Å². The Morgan fingerprint density at radius 3 is 2.53 bits per heavy atom. The van der Waals surface area contributed by atoms with E-state index in [9.17, 15) is 4.79 Å². The van der Waals surface area contributed by atoms with Gasteiger partial charge in [-0.3, -0.25) is 0 Å². The Bertz CT molecular complexity index is 809. The summed E-state index contributed by atoms with van der Waals surface area (Å²) in [5.41, 5.74) is 2.96. The number of aromatic nitrogens is 4. The van der Waals surface area contributed by atoms with Crippen molar-refractivity contribution in [2.24, 2.45) is 0 Å². The number of rotatable bonds is 1. The molecular weight excluding hydrogens is 240 g/mol. The summed E-state index contributed by atoms with van der Waals surface area (Å²) < 4.78 is 1.49. The largest absolute Gasteiger partial charge is 0.354 e. The summed E-state index contributed by atoms with van der Waals surface area (Å²) in [6.07, 6.45) is 1.68. The third kappa shape index (κ3) is 1.89. The zero-order valence-electron chi connectivity index (χ0n) is 10.7. The molecule has 3 aromatic rings. The quantitative estimate of drug-likeness (QED) is 0.662.